The molecule has 0 radical (unpaired) electrons. The molecule has 0 bridgehead atoms. The van der Waals surface area contributed by atoms with Crippen LogP contribution in [-0.4, -0.2) is 41.1 Å². The van der Waals surface area contributed by atoms with Crippen LogP contribution in [0, 0.1) is 11.8 Å². The Kier molecular flexibility index (Phi) is 19.5. The van der Waals surface area contributed by atoms with Gasteiger partial charge < -0.3 is 15.2 Å². The van der Waals surface area contributed by atoms with Crippen molar-refractivity contribution in [3.63, 3.8) is 0 Å². The largest absolute Gasteiger partial charge is 0.507 e. The molecule has 5 nitrogen and oxygen atoms in total. The standard InChI is InChI=1S/C33H49NO4S/c1-5-7-8-9-10-11-12-15-20-27(3)28(4)21-16-13-14-19-26-39-31(6-2)33(37)38-25-24-34-32(36)29-22-17-18-23-30(29)35/h7-8,10-11,15-18,20-23,27-28,31,35H,5-6,9,12-14,19,24-26H2,1-4H3,(H,34,36). The number of amides is 1. The second-order valence-corrected chi connectivity index (χ2v) is 10.9. The average molecular weight is 556 g/mol. The summed E-state index contributed by atoms with van der Waals surface area (Å²) in [5.74, 6) is 1.24. The highest BCUT2D eigenvalue weighted by Crippen LogP contribution is 2.19. The molecule has 2 N–H and O–H groups in total. The number of carbonyl (C=O) groups is 2. The number of esters is 1. The van der Waals surface area contributed by atoms with Crippen molar-refractivity contribution in [2.45, 2.75) is 77.9 Å². The second kappa shape index (κ2) is 22.1. The van der Waals surface area contributed by atoms with Crippen molar-refractivity contribution in [1.82, 2.24) is 5.32 Å². The van der Waals surface area contributed by atoms with E-state index >= 15 is 0 Å². The van der Waals surface area contributed by atoms with E-state index in [1.54, 1.807) is 30.0 Å². The number of unbranched alkanes of at least 4 members (excludes halogenated alkanes) is 2. The number of para-hydroxylation sites is 1. The van der Waals surface area contributed by atoms with Crippen LogP contribution in [0.15, 0.2) is 72.9 Å². The first kappa shape index (κ1) is 34.3. The van der Waals surface area contributed by atoms with E-state index in [0.717, 1.165) is 44.3 Å². The first-order chi connectivity index (χ1) is 18.9. The van der Waals surface area contributed by atoms with E-state index in [1.165, 1.54) is 6.07 Å². The minimum absolute atomic E-state index is 0.0727. The summed E-state index contributed by atoms with van der Waals surface area (Å²) in [5, 5.41) is 12.2. The average Bonchev–Trinajstić information content (AvgIpc) is 2.93. The SMILES string of the molecule is CCC=CCC=CCC=CC(C)C(C)C=CCCCCSC(CC)C(=O)OCCNC(=O)c1ccccc1O. The molecule has 0 heterocycles. The van der Waals surface area contributed by atoms with E-state index in [4.69, 9.17) is 4.74 Å². The molecule has 0 saturated heterocycles. The number of nitrogens with one attached hydrogen (secondary N) is 1. The Morgan fingerprint density at radius 3 is 2.31 bits per heavy atom. The maximum absolute atomic E-state index is 12.4. The van der Waals surface area contributed by atoms with Crippen LogP contribution in [-0.2, 0) is 9.53 Å². The summed E-state index contributed by atoms with van der Waals surface area (Å²) in [6, 6.07) is 6.35. The molecule has 3 atom stereocenters. The number of rotatable bonds is 20. The van der Waals surface area contributed by atoms with Gasteiger partial charge in [0.15, 0.2) is 0 Å². The Morgan fingerprint density at radius 1 is 0.949 bits per heavy atom. The van der Waals surface area contributed by atoms with E-state index in [1.807, 2.05) is 6.92 Å². The van der Waals surface area contributed by atoms with Crippen LogP contribution in [0.2, 0.25) is 0 Å². The quantitative estimate of drug-likeness (QED) is 0.0967. The summed E-state index contributed by atoms with van der Waals surface area (Å²) in [7, 11) is 0. The highest BCUT2D eigenvalue weighted by atomic mass is 32.2. The normalized spacial score (nSPS) is 14.4. The first-order valence-electron chi connectivity index (χ1n) is 14.4. The number of phenols is 1. The van der Waals surface area contributed by atoms with Crippen LogP contribution in [0.4, 0.5) is 0 Å². The molecule has 0 saturated carbocycles. The predicted molar refractivity (Wildman–Crippen MR) is 166 cm³/mol. The fourth-order valence-electron chi connectivity index (χ4n) is 3.68. The van der Waals surface area contributed by atoms with Gasteiger partial charge in [0, 0.05) is 0 Å². The molecule has 1 amide bonds. The predicted octanol–water partition coefficient (Wildman–Crippen LogP) is 8.03. The number of thioether (sulfide) groups is 1. The van der Waals surface area contributed by atoms with Gasteiger partial charge in [0.2, 0.25) is 0 Å². The summed E-state index contributed by atoms with van der Waals surface area (Å²) in [6.07, 6.45) is 25.0. The lowest BCUT2D eigenvalue weighted by Gasteiger charge is -2.14. The Bertz CT molecular complexity index is 937. The molecule has 1 rings (SSSR count). The van der Waals surface area contributed by atoms with Gasteiger partial charge in [0.1, 0.15) is 17.6 Å². The lowest BCUT2D eigenvalue weighted by Crippen LogP contribution is -2.29. The van der Waals surface area contributed by atoms with Crippen molar-refractivity contribution in [2.24, 2.45) is 11.8 Å². The van der Waals surface area contributed by atoms with Gasteiger partial charge in [-0.3, -0.25) is 9.59 Å². The summed E-state index contributed by atoms with van der Waals surface area (Å²) >= 11 is 1.64. The maximum atomic E-state index is 12.4. The smallest absolute Gasteiger partial charge is 0.319 e. The number of aromatic hydroxyl groups is 1. The molecule has 1 aromatic rings. The molecular formula is C33H49NO4S. The lowest BCUT2D eigenvalue weighted by molar-refractivity contribution is -0.142. The van der Waals surface area contributed by atoms with E-state index in [2.05, 4.69) is 74.7 Å². The monoisotopic (exact) mass is 555 g/mol. The highest BCUT2D eigenvalue weighted by Gasteiger charge is 2.18. The number of carbonyl (C=O) groups excluding carboxylic acids is 2. The zero-order chi connectivity index (χ0) is 28.7. The summed E-state index contributed by atoms with van der Waals surface area (Å²) < 4.78 is 5.36. The van der Waals surface area contributed by atoms with Gasteiger partial charge in [0.05, 0.1) is 12.1 Å². The fraction of sp³-hybridized carbons (Fsp3) is 0.515. The van der Waals surface area contributed by atoms with Crippen LogP contribution in [0.3, 0.4) is 0 Å². The topological polar surface area (TPSA) is 75.6 Å². The molecule has 0 spiro atoms. The van der Waals surface area contributed by atoms with Gasteiger partial charge in [0.25, 0.3) is 5.91 Å². The molecule has 0 aromatic heterocycles. The Hall–Kier alpha value is -2.73. The highest BCUT2D eigenvalue weighted by molar-refractivity contribution is 8.00. The molecular weight excluding hydrogens is 506 g/mol. The first-order valence-corrected chi connectivity index (χ1v) is 15.4. The third-order valence-electron chi connectivity index (χ3n) is 6.32. The number of allylic oxidation sites excluding steroid dienone is 8. The van der Waals surface area contributed by atoms with Crippen molar-refractivity contribution in [3.8, 4) is 5.75 Å². The van der Waals surface area contributed by atoms with Crippen molar-refractivity contribution < 1.29 is 19.4 Å². The van der Waals surface area contributed by atoms with Crippen molar-refractivity contribution in [3.05, 3.63) is 78.4 Å². The van der Waals surface area contributed by atoms with Gasteiger partial charge in [-0.25, -0.2) is 0 Å². The zero-order valence-electron chi connectivity index (χ0n) is 24.3. The maximum Gasteiger partial charge on any atom is 0.319 e. The Morgan fingerprint density at radius 2 is 1.62 bits per heavy atom. The van der Waals surface area contributed by atoms with Gasteiger partial charge in [-0.1, -0.05) is 88.4 Å². The summed E-state index contributed by atoms with van der Waals surface area (Å²) in [5.41, 5.74) is 0.205. The van der Waals surface area contributed by atoms with E-state index < -0.39 is 0 Å². The fourth-order valence-corrected chi connectivity index (χ4v) is 4.77. The van der Waals surface area contributed by atoms with Gasteiger partial charge in [-0.2, -0.15) is 0 Å². The molecule has 0 aliphatic rings. The zero-order valence-corrected chi connectivity index (χ0v) is 25.1. The van der Waals surface area contributed by atoms with Gasteiger partial charge in [-0.05, 0) is 74.7 Å². The summed E-state index contributed by atoms with van der Waals surface area (Å²) in [4.78, 5) is 24.5. The minimum atomic E-state index is -0.390. The number of phenolic OH excluding ortho intramolecular Hbond substituents is 1. The third kappa shape index (κ3) is 16.1. The molecule has 39 heavy (non-hydrogen) atoms. The van der Waals surface area contributed by atoms with E-state index in [-0.39, 0.29) is 41.6 Å². The number of benzene rings is 1. The molecule has 1 aromatic carbocycles. The van der Waals surface area contributed by atoms with Crippen LogP contribution in [0.1, 0.15) is 83.0 Å². The van der Waals surface area contributed by atoms with Crippen LogP contribution in [0.5, 0.6) is 5.75 Å². The van der Waals surface area contributed by atoms with Gasteiger partial charge >= 0.3 is 5.97 Å². The number of hydrogen-bond donors (Lipinski definition) is 2. The Labute approximate surface area is 240 Å². The molecule has 0 fully saturated rings. The number of ether oxygens (including phenoxy) is 1. The molecule has 0 aliphatic heterocycles. The molecule has 3 unspecified atom stereocenters. The summed E-state index contributed by atoms with van der Waals surface area (Å²) in [6.45, 7) is 8.98. The van der Waals surface area contributed by atoms with Crippen molar-refractivity contribution in [2.75, 3.05) is 18.9 Å². The molecule has 0 aliphatic carbocycles. The second-order valence-electron chi connectivity index (χ2n) is 9.60. The minimum Gasteiger partial charge on any atom is -0.507 e. The van der Waals surface area contributed by atoms with Crippen LogP contribution < -0.4 is 5.32 Å². The van der Waals surface area contributed by atoms with Crippen molar-refractivity contribution in [1.29, 1.82) is 0 Å². The van der Waals surface area contributed by atoms with Crippen LogP contribution in [0.25, 0.3) is 0 Å². The molecule has 6 heteroatoms. The Balaban J connectivity index is 2.17. The third-order valence-corrected chi connectivity index (χ3v) is 7.77. The van der Waals surface area contributed by atoms with Gasteiger partial charge in [-0.15, -0.1) is 11.8 Å². The molecule has 216 valence electrons. The van der Waals surface area contributed by atoms with Crippen molar-refractivity contribution >= 4 is 23.6 Å². The van der Waals surface area contributed by atoms with E-state index in [9.17, 15) is 14.7 Å². The van der Waals surface area contributed by atoms with Crippen LogP contribution >= 0.6 is 11.8 Å². The lowest BCUT2D eigenvalue weighted by atomic mass is 9.94. The number of hydrogen-bond acceptors (Lipinski definition) is 5. The van der Waals surface area contributed by atoms with E-state index in [0.29, 0.717) is 18.3 Å².